The summed E-state index contributed by atoms with van der Waals surface area (Å²) in [4.78, 5) is 38.8. The van der Waals surface area contributed by atoms with Gasteiger partial charge in [-0.25, -0.2) is 4.79 Å². The van der Waals surface area contributed by atoms with Crippen LogP contribution in [0.25, 0.3) is 0 Å². The van der Waals surface area contributed by atoms with Crippen molar-refractivity contribution >= 4 is 11.9 Å². The van der Waals surface area contributed by atoms with Crippen LogP contribution in [-0.2, 0) is 26.3 Å². The fourth-order valence-electron chi connectivity index (χ4n) is 27.6. The monoisotopic (exact) mass is 1090 g/mol. The number of nitrogens with two attached hydrogens (primary N) is 1. The van der Waals surface area contributed by atoms with Gasteiger partial charge in [0.1, 0.15) is 11.2 Å². The van der Waals surface area contributed by atoms with Crippen molar-refractivity contribution in [3.63, 3.8) is 0 Å². The largest absolute Gasteiger partial charge is 0.509 e. The van der Waals surface area contributed by atoms with E-state index in [4.69, 9.17) is 15.2 Å². The second-order valence-corrected chi connectivity index (χ2v) is 31.5. The van der Waals surface area contributed by atoms with Crippen LogP contribution >= 0.6 is 0 Å². The molecule has 0 amide bonds. The number of allylic oxidation sites excluding steroid dienone is 6. The van der Waals surface area contributed by atoms with Crippen LogP contribution in [0.3, 0.4) is 0 Å². The number of ether oxygens (including phenoxy) is 2. The first-order valence-electron chi connectivity index (χ1n) is 34.2. The van der Waals surface area contributed by atoms with E-state index in [1.54, 1.807) is 16.8 Å². The predicted octanol–water partition coefficient (Wildman–Crippen LogP) is 13.7. The molecule has 8 nitrogen and oxygen atoms in total. The number of carbonyl (C=O) groups is 2. The second kappa shape index (κ2) is 16.9. The number of benzene rings is 1. The van der Waals surface area contributed by atoms with E-state index in [1.165, 1.54) is 140 Å². The number of hydrogen-bond donors (Lipinski definition) is 2. The minimum absolute atomic E-state index is 0.0367. The molecule has 19 rings (SSSR count). The van der Waals surface area contributed by atoms with Gasteiger partial charge in [0.15, 0.2) is 11.4 Å². The quantitative estimate of drug-likeness (QED) is 0.175. The van der Waals surface area contributed by atoms with Gasteiger partial charge in [-0.05, 0) is 210 Å². The van der Waals surface area contributed by atoms with Gasteiger partial charge in [0.2, 0.25) is 0 Å². The Balaban J connectivity index is 0.894. The number of piperidine rings is 2. The van der Waals surface area contributed by atoms with Gasteiger partial charge in [0.05, 0.1) is 11.0 Å². The Morgan fingerprint density at radius 3 is 2.56 bits per heavy atom. The molecule has 6 saturated carbocycles. The second-order valence-electron chi connectivity index (χ2n) is 31.5. The van der Waals surface area contributed by atoms with Crippen molar-refractivity contribution in [1.29, 1.82) is 0 Å². The van der Waals surface area contributed by atoms with Gasteiger partial charge in [-0.3, -0.25) is 9.69 Å². The molecular weight excluding hydrogens is 999 g/mol. The van der Waals surface area contributed by atoms with Crippen molar-refractivity contribution in [1.82, 2.24) is 9.80 Å². The number of aryl methyl sites for hydroxylation is 1. The summed E-state index contributed by atoms with van der Waals surface area (Å²) in [6.45, 7) is 2.72. The lowest BCUT2D eigenvalue weighted by Crippen LogP contribution is -2.78. The van der Waals surface area contributed by atoms with Crippen LogP contribution in [0.2, 0.25) is 0 Å². The number of esters is 2. The predicted molar refractivity (Wildman–Crippen MR) is 310 cm³/mol. The maximum atomic E-state index is 17.1. The molecule has 18 aliphatic rings. The average Bonchev–Trinajstić information content (AvgIpc) is 1.72. The highest BCUT2D eigenvalue weighted by Gasteiger charge is 2.94. The maximum absolute atomic E-state index is 17.1. The third-order valence-electron chi connectivity index (χ3n) is 29.7. The molecular formula is C73H89N3O5. The molecule has 8 heteroatoms. The number of aliphatic hydroxyl groups excluding tert-OH is 1. The minimum atomic E-state index is -1.18. The van der Waals surface area contributed by atoms with Crippen molar-refractivity contribution in [2.75, 3.05) is 19.6 Å². The minimum Gasteiger partial charge on any atom is -0.509 e. The highest BCUT2D eigenvalue weighted by atomic mass is 16.6. The lowest BCUT2D eigenvalue weighted by Gasteiger charge is -2.73. The topological polar surface area (TPSA) is 105 Å². The Labute approximate surface area is 482 Å². The van der Waals surface area contributed by atoms with E-state index in [-0.39, 0.29) is 53.0 Å². The molecule has 1 aromatic rings. The van der Waals surface area contributed by atoms with Crippen molar-refractivity contribution < 1.29 is 24.2 Å². The van der Waals surface area contributed by atoms with Crippen molar-refractivity contribution in [2.24, 2.45) is 104 Å². The molecule has 0 unspecified atom stereocenters. The highest BCUT2D eigenvalue weighted by molar-refractivity contribution is 6.00. The van der Waals surface area contributed by atoms with Crippen LogP contribution in [0.5, 0.6) is 0 Å². The zero-order valence-corrected chi connectivity index (χ0v) is 48.4. The number of carbonyl (C=O) groups excluding carboxylic acids is 2. The van der Waals surface area contributed by atoms with E-state index in [9.17, 15) is 5.11 Å². The van der Waals surface area contributed by atoms with Gasteiger partial charge in [-0.1, -0.05) is 105 Å². The number of aliphatic hydroxyl groups is 1. The van der Waals surface area contributed by atoms with E-state index in [2.05, 4.69) is 64.1 Å². The first kappa shape index (κ1) is 49.2. The van der Waals surface area contributed by atoms with Crippen molar-refractivity contribution in [2.45, 2.75) is 210 Å². The summed E-state index contributed by atoms with van der Waals surface area (Å²) in [5, 5.41) is 14.4. The molecule has 81 heavy (non-hydrogen) atoms. The third kappa shape index (κ3) is 5.66. The number of hydrogen-bond acceptors (Lipinski definition) is 8. The molecule has 426 valence electrons. The van der Waals surface area contributed by atoms with Crippen LogP contribution in [0.1, 0.15) is 201 Å². The maximum Gasteiger partial charge on any atom is 0.339 e. The Morgan fingerprint density at radius 2 is 1.67 bits per heavy atom. The molecule has 7 aliphatic heterocycles. The van der Waals surface area contributed by atoms with E-state index >= 15 is 9.59 Å². The van der Waals surface area contributed by atoms with E-state index < -0.39 is 16.4 Å². The summed E-state index contributed by atoms with van der Waals surface area (Å²) in [7, 11) is 0. The number of rotatable bonds is 4. The molecule has 9 fully saturated rings. The summed E-state index contributed by atoms with van der Waals surface area (Å²) in [5.41, 5.74) is 12.8. The highest BCUT2D eigenvalue weighted by Crippen LogP contribution is 2.89. The van der Waals surface area contributed by atoms with E-state index in [0.717, 1.165) is 56.3 Å². The summed E-state index contributed by atoms with van der Waals surface area (Å²) < 4.78 is 15.1. The molecule has 0 radical (unpaired) electrons. The zero-order chi connectivity index (χ0) is 53.6. The fraction of sp³-hybridized carbons (Fsp3) is 0.726. The normalized spacial score (nSPS) is 49.8. The van der Waals surface area contributed by atoms with Crippen LogP contribution in [-0.4, -0.2) is 64.6 Å². The zero-order valence-electron chi connectivity index (χ0n) is 48.4. The Hall–Kier alpha value is -4.06. The van der Waals surface area contributed by atoms with Crippen LogP contribution < -0.4 is 5.73 Å². The van der Waals surface area contributed by atoms with Gasteiger partial charge in [-0.2, -0.15) is 0 Å². The van der Waals surface area contributed by atoms with Crippen LogP contribution in [0.15, 0.2) is 76.4 Å². The SMILES string of the molecule is NCCCc1cccc2c1C(=O)O[C@@]21[C@H]2C[C@H](C3CCCCC3)/C=C\[C@H]3C4=C5CC[C@]16/C(=C(\O)C[C@@H]1[C@H]7CC8(CCCC8)[C@]8(CCC[C@@]89CCC[C@H]9C#CC[C@@H]8[C@@H]9C[C@H](CN81)[C@H]1CCC8=C([C@@H]5[C@@H]5[C@H](CC=C[C@H]53)C8)N1C9)C7)OC(=O)[C@]426. The summed E-state index contributed by atoms with van der Waals surface area (Å²) in [6, 6.07) is 7.44. The lowest BCUT2D eigenvalue weighted by molar-refractivity contribution is -0.283. The Bertz CT molecular complexity index is 3190. The van der Waals surface area contributed by atoms with Crippen molar-refractivity contribution in [3.8, 4) is 11.8 Å². The molecule has 10 bridgehead atoms. The van der Waals surface area contributed by atoms with Crippen LogP contribution in [0, 0.1) is 110 Å². The Morgan fingerprint density at radius 1 is 0.790 bits per heavy atom. The summed E-state index contributed by atoms with van der Waals surface area (Å²) in [5.74, 6) is 12.8. The molecule has 3 saturated heterocycles. The molecule has 0 aromatic heterocycles. The summed E-state index contributed by atoms with van der Waals surface area (Å²) in [6.07, 6.45) is 43.8. The number of fused-ring (bicyclic) bond motifs is 9. The van der Waals surface area contributed by atoms with E-state index in [0.29, 0.717) is 107 Å². The van der Waals surface area contributed by atoms with E-state index in [1.807, 2.05) is 0 Å². The van der Waals surface area contributed by atoms with Crippen LogP contribution in [0.4, 0.5) is 0 Å². The van der Waals surface area contributed by atoms with Gasteiger partial charge >= 0.3 is 11.9 Å². The van der Waals surface area contributed by atoms with Gasteiger partial charge in [-0.15, -0.1) is 5.92 Å². The van der Waals surface area contributed by atoms with Crippen molar-refractivity contribution in [3.05, 3.63) is 93.1 Å². The van der Waals surface area contributed by atoms with Gasteiger partial charge < -0.3 is 25.2 Å². The first-order chi connectivity index (χ1) is 39.7. The third-order valence-corrected chi connectivity index (χ3v) is 29.7. The number of nitrogens with zero attached hydrogens (tertiary/aromatic N) is 2. The van der Waals surface area contributed by atoms with Gasteiger partial charge in [0.25, 0.3) is 0 Å². The summed E-state index contributed by atoms with van der Waals surface area (Å²) >= 11 is 0. The molecule has 11 aliphatic carbocycles. The average molecular weight is 1090 g/mol. The molecule has 7 heterocycles. The standard InChI is InChI=1S/C73H89N3O5/c74-33-10-16-43-14-7-20-54-61(43)66(78)81-73(54)59-36-44(42-12-2-1-3-13-42)22-24-52-51-19-6-15-45-34-46-23-25-56-47-35-48-41-76(56)64(46)62(60(45)51)53-26-32-71(73)65(80-67(79)72(59,71)63(52)53)58(77)37-57-49-38-68(27-4-5-28-68)70(39-49)31-11-30-69(70)29-9-18-50(69)17-8-21-55(48)75(57)40-47/h6-7,14,19-20,22,24,42,44-45,47-52,55-57,59-60,62,77H,1-5,9-13,15-16,18,21,23,25-41,74H2/b24-22-,65-58+/t44-,45-,47-,48-,49+,50-,51+,52-,55-,56-,57-,59+,60-,62+,69-,70+,71-,72-,73-/m1/s1. The van der Waals surface area contributed by atoms with Gasteiger partial charge in [0, 0.05) is 79.0 Å². The Kier molecular flexibility index (Phi) is 10.3. The lowest BCUT2D eigenvalue weighted by atomic mass is 9.27. The molecule has 3 N–H and O–H groups in total. The molecule has 1 aromatic carbocycles. The first-order valence-corrected chi connectivity index (χ1v) is 34.2. The smallest absolute Gasteiger partial charge is 0.339 e. The fourth-order valence-corrected chi connectivity index (χ4v) is 27.6. The molecule has 19 atom stereocenters. The molecule has 6 spiro atoms.